The quantitative estimate of drug-likeness (QED) is 0.705. The number of nitrogens with zero attached hydrogens (tertiary/aromatic N) is 4. The van der Waals surface area contributed by atoms with Gasteiger partial charge < -0.3 is 0 Å². The maximum absolute atomic E-state index is 12.5. The van der Waals surface area contributed by atoms with Gasteiger partial charge in [0.1, 0.15) is 5.69 Å². The molecule has 0 N–H and O–H groups in total. The Morgan fingerprint density at radius 3 is 2.76 bits per heavy atom. The van der Waals surface area contributed by atoms with Gasteiger partial charge in [0.2, 0.25) is 0 Å². The van der Waals surface area contributed by atoms with Crippen LogP contribution < -0.4 is 0 Å². The Labute approximate surface area is 94.7 Å². The highest BCUT2D eigenvalue weighted by Gasteiger charge is 2.33. The Bertz CT molecular complexity index is 587. The van der Waals surface area contributed by atoms with E-state index in [2.05, 4.69) is 10.1 Å². The summed E-state index contributed by atoms with van der Waals surface area (Å²) >= 11 is 0. The van der Waals surface area contributed by atoms with Crippen LogP contribution in [0.15, 0.2) is 12.3 Å². The molecule has 0 aliphatic carbocycles. The van der Waals surface area contributed by atoms with Crippen LogP contribution in [0.5, 0.6) is 0 Å². The van der Waals surface area contributed by atoms with Gasteiger partial charge >= 0.3 is 6.18 Å². The number of aromatic nitrogens is 3. The number of halogens is 3. The Morgan fingerprint density at radius 1 is 1.29 bits per heavy atom. The van der Waals surface area contributed by atoms with Crippen LogP contribution in [0, 0.1) is 0 Å². The van der Waals surface area contributed by atoms with E-state index in [1.165, 1.54) is 10.7 Å². The Morgan fingerprint density at radius 2 is 2.06 bits per heavy atom. The monoisotopic (exact) mass is 242 g/mol. The van der Waals surface area contributed by atoms with Crippen molar-refractivity contribution in [3.63, 3.8) is 0 Å². The van der Waals surface area contributed by atoms with Crippen LogP contribution in [0.2, 0.25) is 0 Å². The second-order valence-electron chi connectivity index (χ2n) is 4.18. The lowest BCUT2D eigenvalue weighted by molar-refractivity contribution is -0.141. The fourth-order valence-corrected chi connectivity index (χ4v) is 2.05. The number of hydrogen-bond donors (Lipinski definition) is 0. The predicted octanol–water partition coefficient (Wildman–Crippen LogP) is 1.69. The second kappa shape index (κ2) is 3.19. The lowest BCUT2D eigenvalue weighted by Gasteiger charge is -2.07. The van der Waals surface area contributed by atoms with Gasteiger partial charge in [-0.1, -0.05) is 0 Å². The largest absolute Gasteiger partial charge is 0.433 e. The molecule has 0 unspecified atom stereocenters. The second-order valence-corrected chi connectivity index (χ2v) is 4.18. The minimum Gasteiger partial charge on any atom is -0.296 e. The smallest absolute Gasteiger partial charge is 0.296 e. The number of rotatable bonds is 0. The van der Waals surface area contributed by atoms with E-state index in [1.807, 2.05) is 11.9 Å². The number of hydrogen-bond acceptors (Lipinski definition) is 3. The van der Waals surface area contributed by atoms with E-state index in [1.54, 1.807) is 0 Å². The van der Waals surface area contributed by atoms with Crippen molar-refractivity contribution in [2.45, 2.75) is 19.3 Å². The van der Waals surface area contributed by atoms with Crippen molar-refractivity contribution in [2.75, 3.05) is 7.05 Å². The molecule has 2 aromatic heterocycles. The van der Waals surface area contributed by atoms with Crippen molar-refractivity contribution in [1.82, 2.24) is 19.5 Å². The van der Waals surface area contributed by atoms with Gasteiger partial charge in [-0.25, -0.2) is 9.50 Å². The molecular weight excluding hydrogens is 233 g/mol. The first-order chi connectivity index (χ1) is 7.95. The van der Waals surface area contributed by atoms with Gasteiger partial charge in [-0.2, -0.15) is 18.3 Å². The van der Waals surface area contributed by atoms with E-state index in [-0.39, 0.29) is 0 Å². The van der Waals surface area contributed by atoms with E-state index in [9.17, 15) is 13.2 Å². The van der Waals surface area contributed by atoms with Gasteiger partial charge in [-0.15, -0.1) is 0 Å². The third-order valence-electron chi connectivity index (χ3n) is 2.80. The van der Waals surface area contributed by atoms with Crippen molar-refractivity contribution >= 4 is 5.65 Å². The molecule has 4 nitrogen and oxygen atoms in total. The van der Waals surface area contributed by atoms with Crippen LogP contribution >= 0.6 is 0 Å². The molecule has 2 aromatic rings. The van der Waals surface area contributed by atoms with Crippen LogP contribution in [0.25, 0.3) is 5.65 Å². The van der Waals surface area contributed by atoms with E-state index in [4.69, 9.17) is 0 Å². The molecule has 0 amide bonds. The van der Waals surface area contributed by atoms with Crippen molar-refractivity contribution in [1.29, 1.82) is 0 Å². The average Bonchev–Trinajstić information content (AvgIpc) is 2.71. The van der Waals surface area contributed by atoms with Crippen molar-refractivity contribution < 1.29 is 13.2 Å². The van der Waals surface area contributed by atoms with E-state index in [0.717, 1.165) is 17.3 Å². The lowest BCUT2D eigenvalue weighted by Crippen LogP contribution is -2.12. The lowest BCUT2D eigenvalue weighted by atomic mass is 10.3. The molecule has 0 saturated heterocycles. The van der Waals surface area contributed by atoms with Crippen LogP contribution in [0.3, 0.4) is 0 Å². The molecule has 0 spiro atoms. The maximum Gasteiger partial charge on any atom is 0.433 e. The minimum atomic E-state index is -4.41. The zero-order valence-corrected chi connectivity index (χ0v) is 8.99. The topological polar surface area (TPSA) is 33.4 Å². The molecule has 0 radical (unpaired) electrons. The van der Waals surface area contributed by atoms with Crippen LogP contribution in [-0.2, 0) is 19.3 Å². The van der Waals surface area contributed by atoms with E-state index < -0.39 is 11.9 Å². The first kappa shape index (κ1) is 10.5. The highest BCUT2D eigenvalue weighted by atomic mass is 19.4. The average molecular weight is 242 g/mol. The first-order valence-electron chi connectivity index (χ1n) is 5.08. The van der Waals surface area contributed by atoms with E-state index in [0.29, 0.717) is 18.7 Å². The summed E-state index contributed by atoms with van der Waals surface area (Å²) in [7, 11) is 1.89. The summed E-state index contributed by atoms with van der Waals surface area (Å²) in [5.41, 5.74) is 1.03. The zero-order chi connectivity index (χ0) is 12.2. The fourth-order valence-electron chi connectivity index (χ4n) is 2.05. The van der Waals surface area contributed by atoms with Crippen LogP contribution in [-0.4, -0.2) is 26.5 Å². The van der Waals surface area contributed by atoms with Crippen molar-refractivity contribution in [3.8, 4) is 0 Å². The molecular formula is C10H9F3N4. The zero-order valence-electron chi connectivity index (χ0n) is 8.99. The standard InChI is InChI=1S/C10H9F3N4/c1-16-4-6-7(5-16)15-17-3-2-8(10(11,12)13)14-9(6)17/h2-3H,4-5H2,1H3. The van der Waals surface area contributed by atoms with Gasteiger partial charge in [0.15, 0.2) is 5.65 Å². The van der Waals surface area contributed by atoms with Crippen LogP contribution in [0.1, 0.15) is 17.0 Å². The molecule has 1 aliphatic rings. The molecule has 17 heavy (non-hydrogen) atoms. The molecule has 0 saturated carbocycles. The summed E-state index contributed by atoms with van der Waals surface area (Å²) in [4.78, 5) is 5.65. The van der Waals surface area contributed by atoms with Gasteiger partial charge in [-0.3, -0.25) is 4.90 Å². The third kappa shape index (κ3) is 1.57. The first-order valence-corrected chi connectivity index (χ1v) is 5.08. The molecule has 0 atom stereocenters. The van der Waals surface area contributed by atoms with Gasteiger partial charge in [-0.05, 0) is 13.1 Å². The molecule has 7 heteroatoms. The van der Waals surface area contributed by atoms with Gasteiger partial charge in [0, 0.05) is 24.8 Å². The Balaban J connectivity index is 2.19. The SMILES string of the molecule is CN1Cc2nn3ccc(C(F)(F)F)nc3c2C1. The molecule has 1 aliphatic heterocycles. The molecule has 0 fully saturated rings. The predicted molar refractivity (Wildman–Crippen MR) is 53.2 cm³/mol. The number of alkyl halides is 3. The number of fused-ring (bicyclic) bond motifs is 3. The summed E-state index contributed by atoms with van der Waals surface area (Å²) in [5.74, 6) is 0. The maximum atomic E-state index is 12.5. The minimum absolute atomic E-state index is 0.305. The Hall–Kier alpha value is -1.63. The molecule has 0 aromatic carbocycles. The summed E-state index contributed by atoms with van der Waals surface area (Å²) < 4.78 is 39.1. The van der Waals surface area contributed by atoms with Crippen molar-refractivity contribution in [2.24, 2.45) is 0 Å². The van der Waals surface area contributed by atoms with Gasteiger partial charge in [0.25, 0.3) is 0 Å². The highest BCUT2D eigenvalue weighted by Crippen LogP contribution is 2.30. The highest BCUT2D eigenvalue weighted by molar-refractivity contribution is 5.52. The molecule has 90 valence electrons. The summed E-state index contributed by atoms with van der Waals surface area (Å²) in [6.07, 6.45) is -3.10. The molecule has 3 rings (SSSR count). The molecule has 0 bridgehead atoms. The normalized spacial score (nSPS) is 16.7. The summed E-state index contributed by atoms with van der Waals surface area (Å²) in [6.45, 7) is 1.24. The third-order valence-corrected chi connectivity index (χ3v) is 2.80. The summed E-state index contributed by atoms with van der Waals surface area (Å²) in [5, 5.41) is 4.21. The van der Waals surface area contributed by atoms with Gasteiger partial charge in [0.05, 0.1) is 5.69 Å². The van der Waals surface area contributed by atoms with Crippen molar-refractivity contribution in [3.05, 3.63) is 29.2 Å². The fraction of sp³-hybridized carbons (Fsp3) is 0.400. The Kier molecular flexibility index (Phi) is 1.97. The van der Waals surface area contributed by atoms with Crippen LogP contribution in [0.4, 0.5) is 13.2 Å². The molecule has 3 heterocycles. The summed E-state index contributed by atoms with van der Waals surface area (Å²) in [6, 6.07) is 0.943. The van der Waals surface area contributed by atoms with E-state index >= 15 is 0 Å².